The lowest BCUT2D eigenvalue weighted by molar-refractivity contribution is -0.139. The fourth-order valence-corrected chi connectivity index (χ4v) is 3.81. The SMILES string of the molecule is CC(Sc1ccc(Cl)cc1)C(=O)NC1(CC(=O)O)CCCC1. The van der Waals surface area contributed by atoms with E-state index in [2.05, 4.69) is 5.32 Å². The van der Waals surface area contributed by atoms with Gasteiger partial charge in [0.25, 0.3) is 0 Å². The summed E-state index contributed by atoms with van der Waals surface area (Å²) in [7, 11) is 0. The minimum absolute atomic E-state index is 0.00291. The monoisotopic (exact) mass is 341 g/mol. The molecule has 22 heavy (non-hydrogen) atoms. The van der Waals surface area contributed by atoms with Gasteiger partial charge in [-0.2, -0.15) is 0 Å². The third kappa shape index (κ3) is 4.65. The van der Waals surface area contributed by atoms with E-state index >= 15 is 0 Å². The number of thioether (sulfide) groups is 1. The van der Waals surface area contributed by atoms with Crippen molar-refractivity contribution in [2.24, 2.45) is 0 Å². The van der Waals surface area contributed by atoms with Gasteiger partial charge in [-0.15, -0.1) is 11.8 Å². The molecule has 2 rings (SSSR count). The summed E-state index contributed by atoms with van der Waals surface area (Å²) in [5.41, 5.74) is -0.572. The summed E-state index contributed by atoms with van der Waals surface area (Å²) in [6, 6.07) is 7.33. The zero-order valence-electron chi connectivity index (χ0n) is 12.5. The third-order valence-corrected chi connectivity index (χ3v) is 5.30. The van der Waals surface area contributed by atoms with Gasteiger partial charge in [-0.1, -0.05) is 24.4 Å². The van der Waals surface area contributed by atoms with Gasteiger partial charge in [0.2, 0.25) is 5.91 Å². The normalized spacial score (nSPS) is 17.9. The maximum atomic E-state index is 12.4. The zero-order valence-corrected chi connectivity index (χ0v) is 14.0. The van der Waals surface area contributed by atoms with E-state index in [4.69, 9.17) is 16.7 Å². The summed E-state index contributed by atoms with van der Waals surface area (Å²) in [5.74, 6) is -0.969. The lowest BCUT2D eigenvalue weighted by Crippen LogP contribution is -2.50. The highest BCUT2D eigenvalue weighted by molar-refractivity contribution is 8.00. The van der Waals surface area contributed by atoms with Crippen LogP contribution >= 0.6 is 23.4 Å². The van der Waals surface area contributed by atoms with E-state index in [0.717, 1.165) is 30.6 Å². The van der Waals surface area contributed by atoms with Gasteiger partial charge in [-0.3, -0.25) is 9.59 Å². The number of carbonyl (C=O) groups excluding carboxylic acids is 1. The highest BCUT2D eigenvalue weighted by Crippen LogP contribution is 2.33. The molecule has 1 saturated carbocycles. The van der Waals surface area contributed by atoms with Crippen molar-refractivity contribution in [3.8, 4) is 0 Å². The molecule has 120 valence electrons. The summed E-state index contributed by atoms with van der Waals surface area (Å²) < 4.78 is 0. The number of amides is 1. The molecule has 0 radical (unpaired) electrons. The van der Waals surface area contributed by atoms with E-state index in [1.807, 2.05) is 19.1 Å². The number of hydrogen-bond acceptors (Lipinski definition) is 3. The van der Waals surface area contributed by atoms with Crippen LogP contribution < -0.4 is 5.32 Å². The van der Waals surface area contributed by atoms with Crippen LogP contribution in [0.4, 0.5) is 0 Å². The predicted octanol–water partition coefficient (Wildman–Crippen LogP) is 3.72. The molecule has 1 aromatic carbocycles. The quantitative estimate of drug-likeness (QED) is 0.774. The van der Waals surface area contributed by atoms with Gasteiger partial charge >= 0.3 is 5.97 Å². The third-order valence-electron chi connectivity index (χ3n) is 3.93. The fourth-order valence-electron chi connectivity index (χ4n) is 2.82. The number of carboxylic acid groups (broad SMARTS) is 1. The smallest absolute Gasteiger partial charge is 0.305 e. The van der Waals surface area contributed by atoms with E-state index in [1.165, 1.54) is 11.8 Å². The summed E-state index contributed by atoms with van der Waals surface area (Å²) in [5, 5.41) is 12.4. The predicted molar refractivity (Wildman–Crippen MR) is 88.4 cm³/mol. The molecule has 1 aliphatic rings. The molecule has 2 N–H and O–H groups in total. The van der Waals surface area contributed by atoms with Crippen molar-refractivity contribution < 1.29 is 14.7 Å². The Labute approximate surface area is 139 Å². The van der Waals surface area contributed by atoms with E-state index in [-0.39, 0.29) is 17.6 Å². The van der Waals surface area contributed by atoms with E-state index < -0.39 is 11.5 Å². The van der Waals surface area contributed by atoms with Crippen molar-refractivity contribution >= 4 is 35.2 Å². The first kappa shape index (κ1) is 17.2. The molecule has 0 aliphatic heterocycles. The second kappa shape index (κ2) is 7.38. The Bertz CT molecular complexity index is 541. The number of benzene rings is 1. The fraction of sp³-hybridized carbons (Fsp3) is 0.500. The number of carbonyl (C=O) groups is 2. The first-order valence-corrected chi connectivity index (χ1v) is 8.62. The highest BCUT2D eigenvalue weighted by atomic mass is 35.5. The van der Waals surface area contributed by atoms with Crippen molar-refractivity contribution in [1.29, 1.82) is 0 Å². The summed E-state index contributed by atoms with van der Waals surface area (Å²) in [6.07, 6.45) is 3.41. The van der Waals surface area contributed by atoms with Crippen LogP contribution in [0, 0.1) is 0 Å². The van der Waals surface area contributed by atoms with Crippen LogP contribution in [0.1, 0.15) is 39.0 Å². The summed E-state index contributed by atoms with van der Waals surface area (Å²) >= 11 is 7.29. The van der Waals surface area contributed by atoms with Crippen LogP contribution in [0.15, 0.2) is 29.2 Å². The minimum atomic E-state index is -0.861. The minimum Gasteiger partial charge on any atom is -0.481 e. The molecular formula is C16H20ClNO3S. The molecule has 0 saturated heterocycles. The highest BCUT2D eigenvalue weighted by Gasteiger charge is 2.38. The van der Waals surface area contributed by atoms with Crippen LogP contribution in [0.2, 0.25) is 5.02 Å². The van der Waals surface area contributed by atoms with E-state index in [0.29, 0.717) is 5.02 Å². The molecule has 0 bridgehead atoms. The second-order valence-corrected chi connectivity index (χ2v) is 7.61. The molecule has 1 aliphatic carbocycles. The molecular weight excluding hydrogens is 322 g/mol. The molecule has 0 aromatic heterocycles. The van der Waals surface area contributed by atoms with Crippen LogP contribution in [0.3, 0.4) is 0 Å². The van der Waals surface area contributed by atoms with Crippen molar-refractivity contribution in [3.05, 3.63) is 29.3 Å². The van der Waals surface area contributed by atoms with Gasteiger partial charge in [0.15, 0.2) is 0 Å². The van der Waals surface area contributed by atoms with Gasteiger partial charge in [0.1, 0.15) is 0 Å². The lowest BCUT2D eigenvalue weighted by Gasteiger charge is -2.30. The second-order valence-electron chi connectivity index (χ2n) is 5.76. The molecule has 4 nitrogen and oxygen atoms in total. The summed E-state index contributed by atoms with van der Waals surface area (Å²) in [4.78, 5) is 24.4. The Balaban J connectivity index is 1.97. The number of carboxylic acids is 1. The van der Waals surface area contributed by atoms with Crippen LogP contribution in [0.25, 0.3) is 0 Å². The number of rotatable bonds is 6. The molecule has 1 atom stereocenters. The maximum Gasteiger partial charge on any atom is 0.305 e. The van der Waals surface area contributed by atoms with Crippen molar-refractivity contribution in [2.75, 3.05) is 0 Å². The molecule has 6 heteroatoms. The van der Waals surface area contributed by atoms with E-state index in [9.17, 15) is 9.59 Å². The average Bonchev–Trinajstić information content (AvgIpc) is 2.88. The Hall–Kier alpha value is -1.20. The average molecular weight is 342 g/mol. The molecule has 1 amide bonds. The Kier molecular flexibility index (Phi) is 5.75. The summed E-state index contributed by atoms with van der Waals surface area (Å²) in [6.45, 7) is 1.83. The van der Waals surface area contributed by atoms with Gasteiger partial charge < -0.3 is 10.4 Å². The molecule has 1 fully saturated rings. The Morgan fingerprint density at radius 1 is 1.32 bits per heavy atom. The van der Waals surface area contributed by atoms with Gasteiger partial charge in [-0.05, 0) is 44.0 Å². The van der Waals surface area contributed by atoms with Crippen LogP contribution in [-0.4, -0.2) is 27.8 Å². The first-order chi connectivity index (χ1) is 10.4. The van der Waals surface area contributed by atoms with Crippen molar-refractivity contribution in [2.45, 2.75) is 54.7 Å². The zero-order chi connectivity index (χ0) is 16.2. The number of nitrogens with one attached hydrogen (secondary N) is 1. The standard InChI is InChI=1S/C16H20ClNO3S/c1-11(22-13-6-4-12(17)5-7-13)15(21)18-16(10-14(19)20)8-2-3-9-16/h4-7,11H,2-3,8-10H2,1H3,(H,18,21)(H,19,20). The van der Waals surface area contributed by atoms with Crippen molar-refractivity contribution in [3.63, 3.8) is 0 Å². The number of aliphatic carboxylic acids is 1. The largest absolute Gasteiger partial charge is 0.481 e. The van der Waals surface area contributed by atoms with Crippen molar-refractivity contribution in [1.82, 2.24) is 5.32 Å². The number of hydrogen-bond donors (Lipinski definition) is 2. The first-order valence-electron chi connectivity index (χ1n) is 7.36. The van der Waals surface area contributed by atoms with Gasteiger partial charge in [0.05, 0.1) is 17.2 Å². The Morgan fingerprint density at radius 3 is 2.45 bits per heavy atom. The van der Waals surface area contributed by atoms with Crippen LogP contribution in [0.5, 0.6) is 0 Å². The molecule has 0 spiro atoms. The molecule has 0 heterocycles. The Morgan fingerprint density at radius 2 is 1.91 bits per heavy atom. The molecule has 1 unspecified atom stereocenters. The number of halogens is 1. The molecule has 1 aromatic rings. The van der Waals surface area contributed by atoms with Crippen LogP contribution in [-0.2, 0) is 9.59 Å². The van der Waals surface area contributed by atoms with Gasteiger partial charge in [0, 0.05) is 9.92 Å². The maximum absolute atomic E-state index is 12.4. The topological polar surface area (TPSA) is 66.4 Å². The van der Waals surface area contributed by atoms with Gasteiger partial charge in [-0.25, -0.2) is 0 Å². The lowest BCUT2D eigenvalue weighted by atomic mass is 9.93. The van der Waals surface area contributed by atoms with E-state index in [1.54, 1.807) is 12.1 Å².